The standard InChI is InChI=1S/C16H21NO2/c1-12(17-13(2)16-4-3-11-19-16)5-6-14-7-9-15(18)10-8-14/h3-4,7-13,17-18H,5-6H2,1-2H3. The van der Waals surface area contributed by atoms with E-state index in [9.17, 15) is 5.11 Å². The van der Waals surface area contributed by atoms with Crippen molar-refractivity contribution in [3.63, 3.8) is 0 Å². The van der Waals surface area contributed by atoms with Crippen LogP contribution in [0.1, 0.15) is 37.6 Å². The van der Waals surface area contributed by atoms with Crippen LogP contribution in [0.3, 0.4) is 0 Å². The lowest BCUT2D eigenvalue weighted by Crippen LogP contribution is -2.29. The van der Waals surface area contributed by atoms with Gasteiger partial charge in [0, 0.05) is 6.04 Å². The molecule has 0 spiro atoms. The SMILES string of the molecule is CC(CCc1ccc(O)cc1)NC(C)c1ccco1. The Balaban J connectivity index is 1.78. The average Bonchev–Trinajstić information content (AvgIpc) is 2.92. The van der Waals surface area contributed by atoms with Crippen LogP contribution in [0.2, 0.25) is 0 Å². The van der Waals surface area contributed by atoms with Crippen molar-refractivity contribution in [1.29, 1.82) is 0 Å². The van der Waals surface area contributed by atoms with Crippen LogP contribution < -0.4 is 5.32 Å². The van der Waals surface area contributed by atoms with E-state index in [2.05, 4.69) is 19.2 Å². The molecule has 2 aromatic rings. The number of rotatable bonds is 6. The fraction of sp³-hybridized carbons (Fsp3) is 0.375. The number of hydrogen-bond donors (Lipinski definition) is 2. The molecule has 0 aliphatic rings. The first-order valence-electron chi connectivity index (χ1n) is 6.72. The van der Waals surface area contributed by atoms with Gasteiger partial charge in [-0.15, -0.1) is 0 Å². The molecule has 0 fully saturated rings. The molecule has 1 aromatic heterocycles. The first-order chi connectivity index (χ1) is 9.15. The smallest absolute Gasteiger partial charge is 0.120 e. The predicted octanol–water partition coefficient (Wildman–Crippen LogP) is 3.66. The highest BCUT2D eigenvalue weighted by Crippen LogP contribution is 2.15. The number of aryl methyl sites for hydroxylation is 1. The minimum Gasteiger partial charge on any atom is -0.508 e. The molecule has 2 N–H and O–H groups in total. The zero-order valence-electron chi connectivity index (χ0n) is 11.5. The zero-order chi connectivity index (χ0) is 13.7. The van der Waals surface area contributed by atoms with E-state index < -0.39 is 0 Å². The molecule has 1 heterocycles. The molecule has 0 saturated heterocycles. The highest BCUT2D eigenvalue weighted by atomic mass is 16.3. The monoisotopic (exact) mass is 259 g/mol. The van der Waals surface area contributed by atoms with Gasteiger partial charge in [0.15, 0.2) is 0 Å². The van der Waals surface area contributed by atoms with Gasteiger partial charge in [0.1, 0.15) is 11.5 Å². The molecule has 0 radical (unpaired) electrons. The summed E-state index contributed by atoms with van der Waals surface area (Å²) in [5, 5.41) is 12.8. The van der Waals surface area contributed by atoms with E-state index in [0.29, 0.717) is 11.8 Å². The Bertz CT molecular complexity index is 476. The minimum absolute atomic E-state index is 0.227. The summed E-state index contributed by atoms with van der Waals surface area (Å²) in [7, 11) is 0. The van der Waals surface area contributed by atoms with Crippen LogP contribution in [0.4, 0.5) is 0 Å². The van der Waals surface area contributed by atoms with Crippen molar-refractivity contribution < 1.29 is 9.52 Å². The lowest BCUT2D eigenvalue weighted by molar-refractivity contribution is 0.388. The van der Waals surface area contributed by atoms with E-state index in [1.807, 2.05) is 24.3 Å². The molecule has 3 nitrogen and oxygen atoms in total. The summed E-state index contributed by atoms with van der Waals surface area (Å²) in [5.41, 5.74) is 1.25. The van der Waals surface area contributed by atoms with E-state index in [1.165, 1.54) is 5.56 Å². The normalized spacial score (nSPS) is 14.2. The van der Waals surface area contributed by atoms with Crippen molar-refractivity contribution >= 4 is 0 Å². The quantitative estimate of drug-likeness (QED) is 0.832. The molecule has 0 saturated carbocycles. The maximum absolute atomic E-state index is 9.24. The molecular weight excluding hydrogens is 238 g/mol. The predicted molar refractivity (Wildman–Crippen MR) is 76.1 cm³/mol. The van der Waals surface area contributed by atoms with Crippen molar-refractivity contribution in [2.45, 2.75) is 38.8 Å². The molecule has 2 unspecified atom stereocenters. The number of nitrogens with one attached hydrogen (secondary N) is 1. The largest absolute Gasteiger partial charge is 0.508 e. The number of phenols is 1. The fourth-order valence-electron chi connectivity index (χ4n) is 2.18. The van der Waals surface area contributed by atoms with Crippen LogP contribution in [-0.4, -0.2) is 11.1 Å². The van der Waals surface area contributed by atoms with Gasteiger partial charge in [0.25, 0.3) is 0 Å². The molecule has 1 aromatic carbocycles. The molecule has 0 bridgehead atoms. The summed E-state index contributed by atoms with van der Waals surface area (Å²) >= 11 is 0. The maximum Gasteiger partial charge on any atom is 0.120 e. The summed E-state index contributed by atoms with van der Waals surface area (Å²) < 4.78 is 5.38. The summed E-state index contributed by atoms with van der Waals surface area (Å²) in [6.07, 6.45) is 3.75. The maximum atomic E-state index is 9.24. The summed E-state index contributed by atoms with van der Waals surface area (Å²) in [5.74, 6) is 1.29. The fourth-order valence-corrected chi connectivity index (χ4v) is 2.18. The lowest BCUT2D eigenvalue weighted by atomic mass is 10.1. The molecule has 3 heteroatoms. The van der Waals surface area contributed by atoms with Gasteiger partial charge in [-0.2, -0.15) is 0 Å². The number of phenolic OH excluding ortho intramolecular Hbond substituents is 1. The van der Waals surface area contributed by atoms with Gasteiger partial charge in [-0.25, -0.2) is 0 Å². The van der Waals surface area contributed by atoms with Crippen molar-refractivity contribution in [3.8, 4) is 5.75 Å². The van der Waals surface area contributed by atoms with Gasteiger partial charge in [-0.3, -0.25) is 0 Å². The Morgan fingerprint density at radius 3 is 2.53 bits per heavy atom. The first-order valence-corrected chi connectivity index (χ1v) is 6.72. The third-order valence-corrected chi connectivity index (χ3v) is 3.31. The van der Waals surface area contributed by atoms with Gasteiger partial charge in [-0.1, -0.05) is 12.1 Å². The van der Waals surface area contributed by atoms with Crippen molar-refractivity contribution in [2.24, 2.45) is 0 Å². The average molecular weight is 259 g/mol. The Morgan fingerprint density at radius 1 is 1.16 bits per heavy atom. The molecule has 102 valence electrons. The van der Waals surface area contributed by atoms with Gasteiger partial charge in [0.2, 0.25) is 0 Å². The summed E-state index contributed by atoms with van der Waals surface area (Å²) in [6, 6.07) is 12.0. The van der Waals surface area contributed by atoms with E-state index in [1.54, 1.807) is 18.4 Å². The molecule has 19 heavy (non-hydrogen) atoms. The van der Waals surface area contributed by atoms with Gasteiger partial charge in [-0.05, 0) is 56.5 Å². The number of furan rings is 1. The number of benzene rings is 1. The lowest BCUT2D eigenvalue weighted by Gasteiger charge is -2.18. The van der Waals surface area contributed by atoms with Gasteiger partial charge >= 0.3 is 0 Å². The van der Waals surface area contributed by atoms with Crippen LogP contribution in [0, 0.1) is 0 Å². The van der Waals surface area contributed by atoms with E-state index in [4.69, 9.17) is 4.42 Å². The van der Waals surface area contributed by atoms with E-state index >= 15 is 0 Å². The topological polar surface area (TPSA) is 45.4 Å². The third kappa shape index (κ3) is 4.14. The van der Waals surface area contributed by atoms with Crippen molar-refractivity contribution in [2.75, 3.05) is 0 Å². The molecule has 2 rings (SSSR count). The Kier molecular flexibility index (Phi) is 4.63. The first kappa shape index (κ1) is 13.7. The zero-order valence-corrected chi connectivity index (χ0v) is 11.5. The molecule has 0 aliphatic carbocycles. The Labute approximate surface area is 114 Å². The molecular formula is C16H21NO2. The molecule has 0 aliphatic heterocycles. The highest BCUT2D eigenvalue weighted by molar-refractivity contribution is 5.25. The molecule has 2 atom stereocenters. The van der Waals surface area contributed by atoms with Crippen molar-refractivity contribution in [1.82, 2.24) is 5.32 Å². The summed E-state index contributed by atoms with van der Waals surface area (Å²) in [6.45, 7) is 4.29. The second-order valence-electron chi connectivity index (χ2n) is 5.01. The Morgan fingerprint density at radius 2 is 1.89 bits per heavy atom. The van der Waals surface area contributed by atoms with Gasteiger partial charge in [0.05, 0.1) is 12.3 Å². The number of hydrogen-bond acceptors (Lipinski definition) is 3. The highest BCUT2D eigenvalue weighted by Gasteiger charge is 2.11. The van der Waals surface area contributed by atoms with Crippen LogP contribution in [-0.2, 0) is 6.42 Å². The van der Waals surface area contributed by atoms with Crippen LogP contribution >= 0.6 is 0 Å². The van der Waals surface area contributed by atoms with Crippen LogP contribution in [0.15, 0.2) is 47.1 Å². The van der Waals surface area contributed by atoms with Crippen LogP contribution in [0.5, 0.6) is 5.75 Å². The molecule has 0 amide bonds. The number of aromatic hydroxyl groups is 1. The van der Waals surface area contributed by atoms with Crippen molar-refractivity contribution in [3.05, 3.63) is 54.0 Å². The van der Waals surface area contributed by atoms with Crippen LogP contribution in [0.25, 0.3) is 0 Å². The van der Waals surface area contributed by atoms with E-state index in [-0.39, 0.29) is 6.04 Å². The summed E-state index contributed by atoms with van der Waals surface area (Å²) in [4.78, 5) is 0. The van der Waals surface area contributed by atoms with E-state index in [0.717, 1.165) is 18.6 Å². The second kappa shape index (κ2) is 6.43. The second-order valence-corrected chi connectivity index (χ2v) is 5.01. The van der Waals surface area contributed by atoms with Gasteiger partial charge < -0.3 is 14.8 Å². The minimum atomic E-state index is 0.227. The Hall–Kier alpha value is -1.74. The third-order valence-electron chi connectivity index (χ3n) is 3.31.